The van der Waals surface area contributed by atoms with Gasteiger partial charge in [0.05, 0.1) is 5.60 Å². The monoisotopic (exact) mass is 269 g/mol. The summed E-state index contributed by atoms with van der Waals surface area (Å²) in [4.78, 5) is 0. The van der Waals surface area contributed by atoms with Crippen LogP contribution < -0.4 is 5.32 Å². The maximum absolute atomic E-state index is 6.21. The summed E-state index contributed by atoms with van der Waals surface area (Å²) in [6.45, 7) is 5.08. The highest BCUT2D eigenvalue weighted by Crippen LogP contribution is 2.41. The van der Waals surface area contributed by atoms with Crippen LogP contribution in [0.15, 0.2) is 0 Å². The molecular weight excluding hydrogens is 238 g/mol. The SMILES string of the molecule is CCNC(CCOC)C1CCOC2(CCCCC2)C1. The second-order valence-electron chi connectivity index (χ2n) is 6.29. The fraction of sp³-hybridized carbons (Fsp3) is 1.00. The Hall–Kier alpha value is -0.120. The number of nitrogens with one attached hydrogen (secondary N) is 1. The van der Waals surface area contributed by atoms with Crippen molar-refractivity contribution < 1.29 is 9.47 Å². The van der Waals surface area contributed by atoms with Crippen LogP contribution >= 0.6 is 0 Å². The smallest absolute Gasteiger partial charge is 0.0685 e. The van der Waals surface area contributed by atoms with Gasteiger partial charge in [-0.25, -0.2) is 0 Å². The molecule has 2 fully saturated rings. The normalized spacial score (nSPS) is 28.4. The molecule has 112 valence electrons. The van der Waals surface area contributed by atoms with Crippen LogP contribution in [0.2, 0.25) is 0 Å². The van der Waals surface area contributed by atoms with Crippen LogP contribution in [0, 0.1) is 5.92 Å². The largest absolute Gasteiger partial charge is 0.385 e. The average Bonchev–Trinajstić information content (AvgIpc) is 2.44. The third kappa shape index (κ3) is 4.17. The van der Waals surface area contributed by atoms with Gasteiger partial charge in [0.15, 0.2) is 0 Å². The summed E-state index contributed by atoms with van der Waals surface area (Å²) in [5.41, 5.74) is 0.224. The molecule has 3 nitrogen and oxygen atoms in total. The Morgan fingerprint density at radius 3 is 2.79 bits per heavy atom. The molecule has 0 radical (unpaired) electrons. The first-order valence-corrected chi connectivity index (χ1v) is 8.16. The summed E-state index contributed by atoms with van der Waals surface area (Å²) in [6.07, 6.45) is 10.3. The van der Waals surface area contributed by atoms with Crippen molar-refractivity contribution in [2.24, 2.45) is 5.92 Å². The summed E-state index contributed by atoms with van der Waals surface area (Å²) in [7, 11) is 1.80. The molecule has 0 amide bonds. The van der Waals surface area contributed by atoms with Gasteiger partial charge in [-0.2, -0.15) is 0 Å². The van der Waals surface area contributed by atoms with Gasteiger partial charge < -0.3 is 14.8 Å². The van der Waals surface area contributed by atoms with Crippen molar-refractivity contribution in [2.45, 2.75) is 69.9 Å². The lowest BCUT2D eigenvalue weighted by Gasteiger charge is -2.45. The lowest BCUT2D eigenvalue weighted by Crippen LogP contribution is -2.48. The van der Waals surface area contributed by atoms with E-state index >= 15 is 0 Å². The first kappa shape index (κ1) is 15.3. The van der Waals surface area contributed by atoms with E-state index < -0.39 is 0 Å². The summed E-state index contributed by atoms with van der Waals surface area (Å²) < 4.78 is 11.5. The van der Waals surface area contributed by atoms with E-state index in [0.717, 1.165) is 32.1 Å². The number of rotatable bonds is 6. The summed E-state index contributed by atoms with van der Waals surface area (Å²) in [5, 5.41) is 3.67. The minimum Gasteiger partial charge on any atom is -0.385 e. The molecule has 0 bridgehead atoms. The van der Waals surface area contributed by atoms with Crippen LogP contribution in [0.1, 0.15) is 58.3 Å². The van der Waals surface area contributed by atoms with Crippen LogP contribution in [0.4, 0.5) is 0 Å². The van der Waals surface area contributed by atoms with Crippen molar-refractivity contribution in [3.8, 4) is 0 Å². The molecule has 19 heavy (non-hydrogen) atoms. The molecule has 0 aromatic heterocycles. The van der Waals surface area contributed by atoms with Crippen molar-refractivity contribution in [3.05, 3.63) is 0 Å². The van der Waals surface area contributed by atoms with Gasteiger partial charge in [-0.05, 0) is 44.6 Å². The Balaban J connectivity index is 1.93. The van der Waals surface area contributed by atoms with E-state index in [-0.39, 0.29) is 5.60 Å². The van der Waals surface area contributed by atoms with Gasteiger partial charge in [-0.3, -0.25) is 0 Å². The Kier molecular flexibility index (Phi) is 6.11. The molecule has 0 aromatic carbocycles. The molecule has 1 aliphatic heterocycles. The van der Waals surface area contributed by atoms with E-state index in [1.165, 1.54) is 44.9 Å². The van der Waals surface area contributed by atoms with Gasteiger partial charge in [0, 0.05) is 26.4 Å². The van der Waals surface area contributed by atoms with Gasteiger partial charge in [-0.1, -0.05) is 26.2 Å². The number of hydrogen-bond donors (Lipinski definition) is 1. The third-order valence-corrected chi connectivity index (χ3v) is 4.96. The zero-order valence-corrected chi connectivity index (χ0v) is 12.7. The van der Waals surface area contributed by atoms with E-state index in [9.17, 15) is 0 Å². The lowest BCUT2D eigenvalue weighted by atomic mass is 9.73. The average molecular weight is 269 g/mol. The highest BCUT2D eigenvalue weighted by Gasteiger charge is 2.40. The number of hydrogen-bond acceptors (Lipinski definition) is 3. The van der Waals surface area contributed by atoms with E-state index in [1.807, 2.05) is 0 Å². The van der Waals surface area contributed by atoms with Crippen LogP contribution in [-0.4, -0.2) is 38.5 Å². The van der Waals surface area contributed by atoms with Crippen LogP contribution in [0.3, 0.4) is 0 Å². The molecular formula is C16H31NO2. The molecule has 1 spiro atoms. The molecule has 2 unspecified atom stereocenters. The highest BCUT2D eigenvalue weighted by atomic mass is 16.5. The summed E-state index contributed by atoms with van der Waals surface area (Å²) >= 11 is 0. The predicted octanol–water partition coefficient (Wildman–Crippen LogP) is 3.13. The van der Waals surface area contributed by atoms with E-state index in [2.05, 4.69) is 12.2 Å². The maximum Gasteiger partial charge on any atom is 0.0685 e. The molecule has 2 atom stereocenters. The molecule has 3 heteroatoms. The standard InChI is InChI=1S/C16H31NO2/c1-3-17-15(8-11-18-2)14-7-12-19-16(13-14)9-5-4-6-10-16/h14-15,17H,3-13H2,1-2H3. The molecule has 1 heterocycles. The second-order valence-corrected chi connectivity index (χ2v) is 6.29. The Morgan fingerprint density at radius 2 is 2.11 bits per heavy atom. The van der Waals surface area contributed by atoms with Crippen molar-refractivity contribution in [2.75, 3.05) is 26.9 Å². The fourth-order valence-electron chi connectivity index (χ4n) is 3.97. The first-order chi connectivity index (χ1) is 9.29. The minimum absolute atomic E-state index is 0.224. The van der Waals surface area contributed by atoms with E-state index in [4.69, 9.17) is 9.47 Å². The topological polar surface area (TPSA) is 30.5 Å². The van der Waals surface area contributed by atoms with Gasteiger partial charge in [0.2, 0.25) is 0 Å². The van der Waals surface area contributed by atoms with E-state index in [0.29, 0.717) is 6.04 Å². The highest BCUT2D eigenvalue weighted by molar-refractivity contribution is 4.93. The zero-order chi connectivity index (χ0) is 13.6. The molecule has 2 aliphatic rings. The molecule has 1 saturated carbocycles. The fourth-order valence-corrected chi connectivity index (χ4v) is 3.97. The molecule has 1 saturated heterocycles. The van der Waals surface area contributed by atoms with Gasteiger partial charge in [0.25, 0.3) is 0 Å². The van der Waals surface area contributed by atoms with Gasteiger partial charge >= 0.3 is 0 Å². The Bertz CT molecular complexity index is 246. The van der Waals surface area contributed by atoms with Gasteiger partial charge in [-0.15, -0.1) is 0 Å². The predicted molar refractivity (Wildman–Crippen MR) is 78.4 cm³/mol. The van der Waals surface area contributed by atoms with Crippen molar-refractivity contribution in [1.82, 2.24) is 5.32 Å². The van der Waals surface area contributed by atoms with Crippen molar-refractivity contribution in [3.63, 3.8) is 0 Å². The summed E-state index contributed by atoms with van der Waals surface area (Å²) in [5.74, 6) is 0.766. The molecule has 2 rings (SSSR count). The third-order valence-electron chi connectivity index (χ3n) is 4.96. The van der Waals surface area contributed by atoms with E-state index in [1.54, 1.807) is 7.11 Å². The molecule has 0 aromatic rings. The quantitative estimate of drug-likeness (QED) is 0.803. The zero-order valence-electron chi connectivity index (χ0n) is 12.7. The van der Waals surface area contributed by atoms with Crippen LogP contribution in [-0.2, 0) is 9.47 Å². The minimum atomic E-state index is 0.224. The summed E-state index contributed by atoms with van der Waals surface area (Å²) in [6, 6.07) is 0.604. The second kappa shape index (κ2) is 7.61. The molecule has 1 aliphatic carbocycles. The lowest BCUT2D eigenvalue weighted by molar-refractivity contribution is -0.122. The Labute approximate surface area is 118 Å². The van der Waals surface area contributed by atoms with Crippen molar-refractivity contribution >= 4 is 0 Å². The first-order valence-electron chi connectivity index (χ1n) is 8.16. The number of methoxy groups -OCH3 is 1. The Morgan fingerprint density at radius 1 is 1.32 bits per heavy atom. The maximum atomic E-state index is 6.21. The number of ether oxygens (including phenoxy) is 2. The van der Waals surface area contributed by atoms with Crippen LogP contribution in [0.5, 0.6) is 0 Å². The van der Waals surface area contributed by atoms with Crippen LogP contribution in [0.25, 0.3) is 0 Å². The van der Waals surface area contributed by atoms with Crippen molar-refractivity contribution in [1.29, 1.82) is 0 Å². The van der Waals surface area contributed by atoms with Gasteiger partial charge in [0.1, 0.15) is 0 Å². The molecule has 1 N–H and O–H groups in total.